The van der Waals surface area contributed by atoms with Gasteiger partial charge < -0.3 is 20.1 Å². The summed E-state index contributed by atoms with van der Waals surface area (Å²) in [5.41, 5.74) is 4.55. The van der Waals surface area contributed by atoms with E-state index in [1.165, 1.54) is 12.1 Å². The van der Waals surface area contributed by atoms with E-state index in [9.17, 15) is 9.18 Å². The Kier molecular flexibility index (Phi) is 5.77. The third-order valence-corrected chi connectivity index (χ3v) is 6.43. The number of hydrogen-bond acceptors (Lipinski definition) is 6. The Morgan fingerprint density at radius 1 is 1.19 bits per heavy atom. The molecule has 4 aromatic rings. The third kappa shape index (κ3) is 4.61. The molecule has 2 aromatic heterocycles. The van der Waals surface area contributed by atoms with E-state index in [0.717, 1.165) is 55.1 Å². The Morgan fingerprint density at radius 2 is 2.06 bits per heavy atom. The Hall–Kier alpha value is -3.98. The molecule has 36 heavy (non-hydrogen) atoms. The topological polar surface area (TPSA) is 89.8 Å². The Bertz CT molecular complexity index is 1440. The zero-order valence-corrected chi connectivity index (χ0v) is 19.8. The number of hydrogen-bond donors (Lipinski definition) is 2. The van der Waals surface area contributed by atoms with E-state index < -0.39 is 0 Å². The van der Waals surface area contributed by atoms with Crippen molar-refractivity contribution in [2.24, 2.45) is 5.92 Å². The number of nitrogens with one attached hydrogen (secondary N) is 2. The maximum atomic E-state index is 13.7. The summed E-state index contributed by atoms with van der Waals surface area (Å²) in [6, 6.07) is 13.7. The SMILES string of the molecule is Cc1cc(-c2cnc3c(NCC4COC4)cc(Oc4cccc(F)c4)nn23)ccc1C(=O)NC1CC1. The van der Waals surface area contributed by atoms with Crippen LogP contribution in [-0.2, 0) is 4.74 Å². The van der Waals surface area contributed by atoms with Crippen molar-refractivity contribution in [3.8, 4) is 22.9 Å². The van der Waals surface area contributed by atoms with Gasteiger partial charge in [0.25, 0.3) is 5.91 Å². The second-order valence-corrected chi connectivity index (χ2v) is 9.40. The number of fused-ring (bicyclic) bond motifs is 1. The van der Waals surface area contributed by atoms with Crippen molar-refractivity contribution < 1.29 is 18.7 Å². The molecule has 2 aromatic carbocycles. The van der Waals surface area contributed by atoms with Gasteiger partial charge in [-0.05, 0) is 49.6 Å². The van der Waals surface area contributed by atoms with Crippen molar-refractivity contribution in [3.63, 3.8) is 0 Å². The number of carbonyl (C=O) groups excluding carboxylic acids is 1. The summed E-state index contributed by atoms with van der Waals surface area (Å²) in [6.07, 6.45) is 3.84. The Morgan fingerprint density at radius 3 is 2.78 bits per heavy atom. The van der Waals surface area contributed by atoms with Gasteiger partial charge in [-0.15, -0.1) is 5.10 Å². The van der Waals surface area contributed by atoms with Crippen LogP contribution < -0.4 is 15.4 Å². The number of aryl methyl sites for hydroxylation is 1. The van der Waals surface area contributed by atoms with E-state index in [4.69, 9.17) is 9.47 Å². The van der Waals surface area contributed by atoms with E-state index in [0.29, 0.717) is 34.8 Å². The van der Waals surface area contributed by atoms with Gasteiger partial charge in [0.15, 0.2) is 5.65 Å². The molecule has 0 unspecified atom stereocenters. The van der Waals surface area contributed by atoms with Crippen molar-refractivity contribution in [1.82, 2.24) is 19.9 Å². The van der Waals surface area contributed by atoms with Crippen molar-refractivity contribution in [2.75, 3.05) is 25.1 Å². The van der Waals surface area contributed by atoms with Gasteiger partial charge in [0.05, 0.1) is 30.8 Å². The quantitative estimate of drug-likeness (QED) is 0.378. The van der Waals surface area contributed by atoms with Crippen molar-refractivity contribution in [3.05, 3.63) is 71.7 Å². The van der Waals surface area contributed by atoms with Gasteiger partial charge in [-0.2, -0.15) is 0 Å². The van der Waals surface area contributed by atoms with Crippen LogP contribution in [0, 0.1) is 18.7 Å². The summed E-state index contributed by atoms with van der Waals surface area (Å²) in [4.78, 5) is 17.2. The highest BCUT2D eigenvalue weighted by atomic mass is 19.1. The molecule has 1 aliphatic heterocycles. The van der Waals surface area contributed by atoms with Gasteiger partial charge in [-0.25, -0.2) is 13.9 Å². The highest BCUT2D eigenvalue weighted by Gasteiger charge is 2.25. The minimum Gasteiger partial charge on any atom is -0.437 e. The van der Waals surface area contributed by atoms with E-state index in [1.54, 1.807) is 28.9 Å². The van der Waals surface area contributed by atoms with E-state index >= 15 is 0 Å². The maximum absolute atomic E-state index is 13.7. The van der Waals surface area contributed by atoms with Crippen LogP contribution in [0.2, 0.25) is 0 Å². The fraction of sp³-hybridized carbons (Fsp3) is 0.296. The number of ether oxygens (including phenoxy) is 2. The van der Waals surface area contributed by atoms with Crippen LogP contribution in [0.1, 0.15) is 28.8 Å². The Labute approximate surface area is 207 Å². The molecule has 9 heteroatoms. The van der Waals surface area contributed by atoms with E-state index in [1.807, 2.05) is 25.1 Å². The van der Waals surface area contributed by atoms with E-state index in [-0.39, 0.29) is 11.7 Å². The average molecular weight is 488 g/mol. The molecule has 0 radical (unpaired) electrons. The molecule has 1 aliphatic carbocycles. The molecule has 2 N–H and O–H groups in total. The number of nitrogens with zero attached hydrogens (tertiary/aromatic N) is 3. The molecule has 0 bridgehead atoms. The first-order chi connectivity index (χ1) is 17.5. The molecule has 2 fully saturated rings. The maximum Gasteiger partial charge on any atom is 0.251 e. The summed E-state index contributed by atoms with van der Waals surface area (Å²) >= 11 is 0. The fourth-order valence-corrected chi connectivity index (χ4v) is 4.20. The van der Waals surface area contributed by atoms with Crippen molar-refractivity contribution in [1.29, 1.82) is 0 Å². The summed E-state index contributed by atoms with van der Waals surface area (Å²) in [5, 5.41) is 11.1. The zero-order chi connectivity index (χ0) is 24.6. The summed E-state index contributed by atoms with van der Waals surface area (Å²) in [5.74, 6) is 0.648. The lowest BCUT2D eigenvalue weighted by Crippen LogP contribution is -2.33. The highest BCUT2D eigenvalue weighted by Crippen LogP contribution is 2.30. The minimum absolute atomic E-state index is 0.0462. The molecule has 2 aliphatic rings. The summed E-state index contributed by atoms with van der Waals surface area (Å²) in [7, 11) is 0. The molecule has 3 heterocycles. The molecular formula is C27H26FN5O3. The van der Waals surface area contributed by atoms with Crippen LogP contribution in [0.15, 0.2) is 54.7 Å². The smallest absolute Gasteiger partial charge is 0.251 e. The fourth-order valence-electron chi connectivity index (χ4n) is 4.20. The highest BCUT2D eigenvalue weighted by molar-refractivity contribution is 5.96. The molecule has 1 amide bonds. The first kappa shape index (κ1) is 22.5. The summed E-state index contributed by atoms with van der Waals surface area (Å²) < 4.78 is 26.6. The van der Waals surface area contributed by atoms with E-state index in [2.05, 4.69) is 20.7 Å². The number of amides is 1. The number of imidazole rings is 1. The normalized spacial score (nSPS) is 15.5. The van der Waals surface area contributed by atoms with Crippen LogP contribution in [0.4, 0.5) is 10.1 Å². The van der Waals surface area contributed by atoms with Gasteiger partial charge in [-0.1, -0.05) is 12.1 Å². The molecule has 0 spiro atoms. The summed E-state index contributed by atoms with van der Waals surface area (Å²) in [6.45, 7) is 4.10. The molecular weight excluding hydrogens is 461 g/mol. The molecule has 1 saturated carbocycles. The largest absolute Gasteiger partial charge is 0.437 e. The van der Waals surface area contributed by atoms with Crippen LogP contribution in [0.3, 0.4) is 0 Å². The minimum atomic E-state index is -0.387. The van der Waals surface area contributed by atoms with Crippen LogP contribution >= 0.6 is 0 Å². The van der Waals surface area contributed by atoms with Gasteiger partial charge in [0, 0.05) is 41.8 Å². The number of anilines is 1. The van der Waals surface area contributed by atoms with Gasteiger partial charge in [-0.3, -0.25) is 4.79 Å². The number of halogens is 1. The molecule has 0 atom stereocenters. The standard InChI is InChI=1S/C27H26FN5O3/c1-16-9-18(5-8-22(16)27(34)31-20-6-7-20)24-13-30-26-23(29-12-17-14-35-15-17)11-25(32-33(24)26)36-21-4-2-3-19(28)10-21/h2-5,8-11,13,17,20,29H,6-7,12,14-15H2,1H3,(H,31,34). The lowest BCUT2D eigenvalue weighted by Gasteiger charge is -2.26. The second kappa shape index (κ2) is 9.23. The lowest BCUT2D eigenvalue weighted by molar-refractivity contribution is -0.0248. The molecule has 6 rings (SSSR count). The van der Waals surface area contributed by atoms with Gasteiger partial charge in [0.1, 0.15) is 11.6 Å². The predicted octanol–water partition coefficient (Wildman–Crippen LogP) is 4.59. The van der Waals surface area contributed by atoms with Crippen LogP contribution in [-0.4, -0.2) is 46.3 Å². The predicted molar refractivity (Wildman–Crippen MR) is 133 cm³/mol. The number of carbonyl (C=O) groups is 1. The molecule has 184 valence electrons. The van der Waals surface area contributed by atoms with Crippen molar-refractivity contribution in [2.45, 2.75) is 25.8 Å². The number of rotatable bonds is 8. The van der Waals surface area contributed by atoms with Crippen molar-refractivity contribution >= 4 is 17.2 Å². The molecule has 8 nitrogen and oxygen atoms in total. The Balaban J connectivity index is 1.36. The number of aromatic nitrogens is 3. The van der Waals surface area contributed by atoms with Crippen LogP contribution in [0.5, 0.6) is 11.6 Å². The van der Waals surface area contributed by atoms with Crippen LogP contribution in [0.25, 0.3) is 16.9 Å². The first-order valence-electron chi connectivity index (χ1n) is 12.1. The third-order valence-electron chi connectivity index (χ3n) is 6.43. The number of benzene rings is 2. The zero-order valence-electron chi connectivity index (χ0n) is 19.8. The lowest BCUT2D eigenvalue weighted by atomic mass is 10.0. The van der Waals surface area contributed by atoms with Gasteiger partial charge in [0.2, 0.25) is 5.88 Å². The first-order valence-corrected chi connectivity index (χ1v) is 12.1. The average Bonchev–Trinajstić information content (AvgIpc) is 3.53. The monoisotopic (exact) mass is 487 g/mol. The second-order valence-electron chi connectivity index (χ2n) is 9.40. The molecule has 1 saturated heterocycles. The van der Waals surface area contributed by atoms with Gasteiger partial charge >= 0.3 is 0 Å².